The van der Waals surface area contributed by atoms with Gasteiger partial charge < -0.3 is 19.6 Å². The quantitative estimate of drug-likeness (QED) is 0.196. The Morgan fingerprint density at radius 3 is 2.34 bits per heavy atom. The second-order valence-corrected chi connectivity index (χ2v) is 13.4. The molecule has 0 saturated carbocycles. The van der Waals surface area contributed by atoms with Crippen LogP contribution in [0, 0.1) is 5.82 Å². The summed E-state index contributed by atoms with van der Waals surface area (Å²) < 4.78 is 51.8. The van der Waals surface area contributed by atoms with Gasteiger partial charge >= 0.3 is 0 Å². The lowest BCUT2D eigenvalue weighted by atomic mass is 9.83. The number of pyridine rings is 1. The predicted octanol–water partition coefficient (Wildman–Crippen LogP) is 5.71. The minimum absolute atomic E-state index is 0.179. The van der Waals surface area contributed by atoms with Crippen molar-refractivity contribution in [1.82, 2.24) is 4.98 Å². The van der Waals surface area contributed by atoms with E-state index < -0.39 is 27.0 Å². The van der Waals surface area contributed by atoms with Crippen LogP contribution < -0.4 is 15.0 Å². The van der Waals surface area contributed by atoms with E-state index in [0.717, 1.165) is 29.1 Å². The molecule has 3 N–H and O–H groups in total. The number of anilines is 1. The summed E-state index contributed by atoms with van der Waals surface area (Å²) in [6, 6.07) is 9.95. The van der Waals surface area contributed by atoms with Crippen LogP contribution in [0.1, 0.15) is 63.3 Å². The lowest BCUT2D eigenvalue weighted by Gasteiger charge is -2.24. The highest BCUT2D eigenvalue weighted by atomic mass is 32.2. The Balaban J connectivity index is 2.11. The predicted molar refractivity (Wildman–Crippen MR) is 162 cm³/mol. The van der Waals surface area contributed by atoms with E-state index in [-0.39, 0.29) is 17.6 Å². The Morgan fingerprint density at radius 1 is 1.05 bits per heavy atom. The van der Waals surface area contributed by atoms with Crippen LogP contribution in [-0.4, -0.2) is 44.1 Å². The van der Waals surface area contributed by atoms with Gasteiger partial charge in [-0.15, -0.1) is 0 Å². The number of halogens is 1. The number of H-pyrrole nitrogens is 1. The molecule has 222 valence electrons. The van der Waals surface area contributed by atoms with Crippen LogP contribution in [0.2, 0.25) is 0 Å². The molecule has 0 amide bonds. The second-order valence-electron chi connectivity index (χ2n) is 11.7. The van der Waals surface area contributed by atoms with E-state index in [1.807, 2.05) is 39.0 Å². The Bertz CT molecular complexity index is 1580. The molecule has 3 aromatic rings. The minimum atomic E-state index is -3.49. The van der Waals surface area contributed by atoms with Crippen molar-refractivity contribution in [1.29, 1.82) is 0 Å². The molecular weight excluding hydrogens is 547 g/mol. The summed E-state index contributed by atoms with van der Waals surface area (Å²) in [5.74, 6) is 0.0607. The zero-order valence-electron chi connectivity index (χ0n) is 24.6. The number of methoxy groups -OCH3 is 1. The third kappa shape index (κ3) is 9.27. The van der Waals surface area contributed by atoms with Gasteiger partial charge in [0.2, 0.25) is 10.0 Å². The van der Waals surface area contributed by atoms with Crippen LogP contribution in [0.4, 0.5) is 10.1 Å². The zero-order chi connectivity index (χ0) is 30.6. The number of nitrogens with one attached hydrogen (secondary N) is 2. The third-order valence-electron chi connectivity index (χ3n) is 6.31. The van der Waals surface area contributed by atoms with Gasteiger partial charge in [0.15, 0.2) is 0 Å². The highest BCUT2D eigenvalue weighted by Crippen LogP contribution is 2.38. The summed E-state index contributed by atoms with van der Waals surface area (Å²) in [5.41, 5.74) is 2.48. The zero-order valence-corrected chi connectivity index (χ0v) is 25.4. The number of rotatable bonds is 11. The van der Waals surface area contributed by atoms with Gasteiger partial charge in [0.25, 0.3) is 5.56 Å². The van der Waals surface area contributed by atoms with Gasteiger partial charge in [-0.05, 0) is 72.7 Å². The summed E-state index contributed by atoms with van der Waals surface area (Å²) in [6.45, 7) is 9.96. The SMILES string of the molecule is COc1c(/C=C/c2ccc(NS(C)(=O)=O)cc2COCCC(C)(C)O)cc(-c2cc(F)c[nH]c2=O)cc1C(C)(C)C. The fourth-order valence-corrected chi connectivity index (χ4v) is 4.80. The number of sulfonamides is 1. The first-order valence-electron chi connectivity index (χ1n) is 13.2. The summed E-state index contributed by atoms with van der Waals surface area (Å²) in [6.07, 6.45) is 6.22. The lowest BCUT2D eigenvalue weighted by molar-refractivity contribution is 0.0237. The Hall–Kier alpha value is -3.47. The molecule has 0 radical (unpaired) electrons. The average molecular weight is 587 g/mol. The summed E-state index contributed by atoms with van der Waals surface area (Å²) in [7, 11) is -1.91. The monoisotopic (exact) mass is 586 g/mol. The Labute approximate surface area is 241 Å². The molecule has 0 aliphatic carbocycles. The molecule has 0 aliphatic rings. The number of aliphatic hydroxyl groups is 1. The fraction of sp³-hybridized carbons (Fsp3) is 0.387. The van der Waals surface area contributed by atoms with Gasteiger partial charge in [-0.3, -0.25) is 9.52 Å². The van der Waals surface area contributed by atoms with Crippen LogP contribution in [0.15, 0.2) is 47.4 Å². The van der Waals surface area contributed by atoms with Crippen molar-refractivity contribution in [3.8, 4) is 16.9 Å². The largest absolute Gasteiger partial charge is 0.496 e. The maximum absolute atomic E-state index is 14.1. The average Bonchev–Trinajstić information content (AvgIpc) is 2.85. The van der Waals surface area contributed by atoms with E-state index >= 15 is 0 Å². The number of benzene rings is 2. The highest BCUT2D eigenvalue weighted by molar-refractivity contribution is 7.92. The molecule has 10 heteroatoms. The molecule has 0 saturated heterocycles. The summed E-state index contributed by atoms with van der Waals surface area (Å²) in [4.78, 5) is 15.0. The van der Waals surface area contributed by atoms with Crippen molar-refractivity contribution in [2.45, 2.75) is 58.7 Å². The highest BCUT2D eigenvalue weighted by Gasteiger charge is 2.23. The number of aromatic amines is 1. The molecule has 2 aromatic carbocycles. The molecule has 0 unspecified atom stereocenters. The van der Waals surface area contributed by atoms with Crippen LogP contribution in [0.3, 0.4) is 0 Å². The van der Waals surface area contributed by atoms with Gasteiger partial charge in [-0.25, -0.2) is 12.8 Å². The number of hydrogen-bond acceptors (Lipinski definition) is 6. The van der Waals surface area contributed by atoms with E-state index in [1.54, 1.807) is 45.2 Å². The van der Waals surface area contributed by atoms with Crippen molar-refractivity contribution >= 4 is 27.9 Å². The van der Waals surface area contributed by atoms with Gasteiger partial charge in [-0.2, -0.15) is 0 Å². The first-order valence-corrected chi connectivity index (χ1v) is 15.1. The van der Waals surface area contributed by atoms with E-state index in [0.29, 0.717) is 35.6 Å². The molecule has 0 spiro atoms. The first kappa shape index (κ1) is 32.0. The van der Waals surface area contributed by atoms with E-state index in [9.17, 15) is 22.7 Å². The number of aromatic nitrogens is 1. The number of ether oxygens (including phenoxy) is 2. The molecule has 1 aromatic heterocycles. The Morgan fingerprint density at radius 2 is 1.73 bits per heavy atom. The third-order valence-corrected chi connectivity index (χ3v) is 6.92. The molecule has 0 aliphatic heterocycles. The molecule has 41 heavy (non-hydrogen) atoms. The van der Waals surface area contributed by atoms with Crippen molar-refractivity contribution in [3.05, 3.63) is 81.0 Å². The van der Waals surface area contributed by atoms with Gasteiger partial charge in [0, 0.05) is 35.2 Å². The van der Waals surface area contributed by atoms with E-state index in [2.05, 4.69) is 9.71 Å². The maximum Gasteiger partial charge on any atom is 0.256 e. The first-order chi connectivity index (χ1) is 19.0. The van der Waals surface area contributed by atoms with E-state index in [1.165, 1.54) is 6.07 Å². The van der Waals surface area contributed by atoms with Crippen molar-refractivity contribution in [2.75, 3.05) is 24.7 Å². The van der Waals surface area contributed by atoms with Gasteiger partial charge in [0.1, 0.15) is 11.6 Å². The molecule has 3 rings (SSSR count). The van der Waals surface area contributed by atoms with Crippen LogP contribution in [0.25, 0.3) is 23.3 Å². The van der Waals surface area contributed by atoms with Crippen molar-refractivity contribution in [3.63, 3.8) is 0 Å². The van der Waals surface area contributed by atoms with E-state index in [4.69, 9.17) is 9.47 Å². The van der Waals surface area contributed by atoms with Crippen LogP contribution in [0.5, 0.6) is 5.75 Å². The van der Waals surface area contributed by atoms with Gasteiger partial charge in [-0.1, -0.05) is 39.0 Å². The second kappa shape index (κ2) is 12.6. The normalized spacial score (nSPS) is 12.6. The molecule has 0 atom stereocenters. The topological polar surface area (TPSA) is 118 Å². The van der Waals surface area contributed by atoms with Crippen LogP contribution >= 0.6 is 0 Å². The molecule has 0 fully saturated rings. The molecular formula is C31H39FN2O6S. The molecule has 0 bridgehead atoms. The molecule has 1 heterocycles. The van der Waals surface area contributed by atoms with Crippen LogP contribution in [-0.2, 0) is 26.8 Å². The fourth-order valence-electron chi connectivity index (χ4n) is 4.24. The maximum atomic E-state index is 14.1. The minimum Gasteiger partial charge on any atom is -0.496 e. The standard InChI is InChI=1S/C31H39FN2O6S/c1-30(2,3)27-16-22(26-17-24(32)18-33-29(26)35)14-21(28(27)39-6)9-8-20-10-11-25(34-41(7,37)38)15-23(20)19-40-13-12-31(4,5)36/h8-11,14-18,34,36H,12-13,19H2,1-7H3,(H,33,35)/b9-8+. The lowest BCUT2D eigenvalue weighted by Crippen LogP contribution is -2.20. The number of hydrogen-bond donors (Lipinski definition) is 3. The van der Waals surface area contributed by atoms with Crippen molar-refractivity contribution in [2.24, 2.45) is 0 Å². The summed E-state index contributed by atoms with van der Waals surface area (Å²) >= 11 is 0. The molecule has 8 nitrogen and oxygen atoms in total. The van der Waals surface area contributed by atoms with Crippen molar-refractivity contribution < 1.29 is 27.4 Å². The van der Waals surface area contributed by atoms with Gasteiger partial charge in [0.05, 0.1) is 25.6 Å². The summed E-state index contributed by atoms with van der Waals surface area (Å²) in [5, 5.41) is 10.00. The smallest absolute Gasteiger partial charge is 0.256 e. The Kier molecular flexibility index (Phi) is 9.84.